The molecule has 0 atom stereocenters. The molecule has 2 heterocycles. The molecule has 2 aromatic heterocycles. The molecule has 0 radical (unpaired) electrons. The third-order valence-corrected chi connectivity index (χ3v) is 3.99. The highest BCUT2D eigenvalue weighted by Crippen LogP contribution is 2.24. The third-order valence-electron chi connectivity index (χ3n) is 2.70. The lowest BCUT2D eigenvalue weighted by Crippen LogP contribution is -2.35. The summed E-state index contributed by atoms with van der Waals surface area (Å²) in [7, 11) is -2.16. The predicted molar refractivity (Wildman–Crippen MR) is 86.7 cm³/mol. The Morgan fingerprint density at radius 2 is 2.04 bits per heavy atom. The molecule has 0 unspecified atom stereocenters. The number of aromatic nitrogens is 4. The molecule has 11 nitrogen and oxygen atoms in total. The minimum absolute atomic E-state index is 0.157. The van der Waals surface area contributed by atoms with Crippen LogP contribution in [0.4, 0.5) is 16.3 Å². The maximum absolute atomic E-state index is 11.8. The summed E-state index contributed by atoms with van der Waals surface area (Å²) >= 11 is 0. The SMILES string of the molecule is CC(C)NS(=O)(=O)Nc1ccc(-c2nnn(C)c2NC(=O)O)nc1. The Bertz CT molecular complexity index is 830. The van der Waals surface area contributed by atoms with Crippen molar-refractivity contribution in [3.05, 3.63) is 18.3 Å². The Morgan fingerprint density at radius 3 is 2.58 bits per heavy atom. The fourth-order valence-corrected chi connectivity index (χ4v) is 2.97. The number of pyridine rings is 1. The van der Waals surface area contributed by atoms with Gasteiger partial charge in [0, 0.05) is 13.1 Å². The van der Waals surface area contributed by atoms with Gasteiger partial charge < -0.3 is 5.11 Å². The van der Waals surface area contributed by atoms with Gasteiger partial charge >= 0.3 is 6.09 Å². The predicted octanol–water partition coefficient (Wildman–Crippen LogP) is 0.622. The van der Waals surface area contributed by atoms with Gasteiger partial charge in [0.25, 0.3) is 10.2 Å². The van der Waals surface area contributed by atoms with Gasteiger partial charge in [-0.15, -0.1) is 5.10 Å². The molecule has 24 heavy (non-hydrogen) atoms. The van der Waals surface area contributed by atoms with Crippen molar-refractivity contribution in [2.24, 2.45) is 7.05 Å². The van der Waals surface area contributed by atoms with Gasteiger partial charge in [-0.25, -0.2) is 9.48 Å². The fraction of sp³-hybridized carbons (Fsp3) is 0.333. The van der Waals surface area contributed by atoms with Crippen LogP contribution in [0.2, 0.25) is 0 Å². The van der Waals surface area contributed by atoms with E-state index in [0.717, 1.165) is 0 Å². The van der Waals surface area contributed by atoms with Gasteiger partial charge in [0.15, 0.2) is 11.5 Å². The topological polar surface area (TPSA) is 151 Å². The molecule has 0 aliphatic rings. The first-order valence-corrected chi connectivity index (χ1v) is 8.32. The van der Waals surface area contributed by atoms with E-state index in [1.807, 2.05) is 0 Å². The quantitative estimate of drug-likeness (QED) is 0.593. The van der Waals surface area contributed by atoms with Crippen LogP contribution in [0.3, 0.4) is 0 Å². The molecule has 1 amide bonds. The van der Waals surface area contributed by atoms with E-state index in [4.69, 9.17) is 5.11 Å². The highest BCUT2D eigenvalue weighted by molar-refractivity contribution is 7.90. The van der Waals surface area contributed by atoms with E-state index in [9.17, 15) is 13.2 Å². The number of carbonyl (C=O) groups is 1. The molecule has 0 aliphatic heterocycles. The lowest BCUT2D eigenvalue weighted by molar-refractivity contribution is 0.209. The molecule has 0 spiro atoms. The van der Waals surface area contributed by atoms with Crippen LogP contribution < -0.4 is 14.8 Å². The molecule has 2 rings (SSSR count). The molecule has 0 saturated carbocycles. The van der Waals surface area contributed by atoms with E-state index in [2.05, 4.69) is 30.1 Å². The summed E-state index contributed by atoms with van der Waals surface area (Å²) in [6, 6.07) is 2.74. The molecular formula is C12H17N7O4S. The molecule has 130 valence electrons. The third kappa shape index (κ3) is 4.39. The highest BCUT2D eigenvalue weighted by Gasteiger charge is 2.17. The van der Waals surface area contributed by atoms with Crippen molar-refractivity contribution in [1.82, 2.24) is 24.7 Å². The average Bonchev–Trinajstić information content (AvgIpc) is 2.78. The zero-order valence-corrected chi connectivity index (χ0v) is 14.0. The van der Waals surface area contributed by atoms with E-state index in [1.54, 1.807) is 13.8 Å². The average molecular weight is 355 g/mol. The molecule has 0 saturated heterocycles. The van der Waals surface area contributed by atoms with Crippen LogP contribution in [0.1, 0.15) is 13.8 Å². The number of aryl methyl sites for hydroxylation is 1. The number of hydrogen-bond donors (Lipinski definition) is 4. The van der Waals surface area contributed by atoms with Crippen LogP contribution in [0.25, 0.3) is 11.4 Å². The van der Waals surface area contributed by atoms with Crippen molar-refractivity contribution >= 4 is 27.8 Å². The number of hydrogen-bond acceptors (Lipinski definition) is 6. The molecule has 12 heteroatoms. The van der Waals surface area contributed by atoms with E-state index in [0.29, 0.717) is 5.69 Å². The Labute approximate surface area is 138 Å². The molecule has 4 N–H and O–H groups in total. The van der Waals surface area contributed by atoms with Crippen LogP contribution in [-0.4, -0.2) is 45.6 Å². The lowest BCUT2D eigenvalue weighted by atomic mass is 10.2. The van der Waals surface area contributed by atoms with Crippen molar-refractivity contribution in [3.8, 4) is 11.4 Å². The Balaban J connectivity index is 2.23. The van der Waals surface area contributed by atoms with Gasteiger partial charge in [-0.3, -0.25) is 15.0 Å². The standard InChI is InChI=1S/C12H17N7O4S/c1-7(2)16-24(22,23)17-8-4-5-9(13-6-8)10-11(14-12(20)21)19(3)18-15-10/h4-7,14,16-17H,1-3H3,(H,20,21). The minimum Gasteiger partial charge on any atom is -0.465 e. The second-order valence-electron chi connectivity index (χ2n) is 5.15. The van der Waals surface area contributed by atoms with Crippen molar-refractivity contribution in [2.75, 3.05) is 10.0 Å². The summed E-state index contributed by atoms with van der Waals surface area (Å²) in [6.45, 7) is 3.40. The number of nitrogens with one attached hydrogen (secondary N) is 3. The fourth-order valence-electron chi connectivity index (χ4n) is 1.86. The van der Waals surface area contributed by atoms with E-state index in [-0.39, 0.29) is 23.2 Å². The van der Waals surface area contributed by atoms with Gasteiger partial charge in [-0.05, 0) is 26.0 Å². The van der Waals surface area contributed by atoms with Gasteiger partial charge in [0.1, 0.15) is 0 Å². The lowest BCUT2D eigenvalue weighted by Gasteiger charge is -2.11. The van der Waals surface area contributed by atoms with Gasteiger partial charge in [-0.1, -0.05) is 5.21 Å². The maximum Gasteiger partial charge on any atom is 0.410 e. The van der Waals surface area contributed by atoms with E-state index < -0.39 is 16.3 Å². The minimum atomic E-state index is -3.69. The maximum atomic E-state index is 11.8. The molecule has 0 fully saturated rings. The summed E-state index contributed by atoms with van der Waals surface area (Å²) < 4.78 is 29.6. The van der Waals surface area contributed by atoms with Crippen LogP contribution in [-0.2, 0) is 17.3 Å². The van der Waals surface area contributed by atoms with Crippen LogP contribution in [0.15, 0.2) is 18.3 Å². The van der Waals surface area contributed by atoms with Gasteiger partial charge in [0.2, 0.25) is 0 Å². The van der Waals surface area contributed by atoms with Crippen molar-refractivity contribution < 1.29 is 18.3 Å². The second-order valence-corrected chi connectivity index (χ2v) is 6.60. The Kier molecular flexibility index (Phi) is 4.99. The van der Waals surface area contributed by atoms with Crippen LogP contribution in [0, 0.1) is 0 Å². The molecule has 0 aromatic carbocycles. The number of rotatable bonds is 6. The number of carboxylic acid groups (broad SMARTS) is 1. The smallest absolute Gasteiger partial charge is 0.410 e. The largest absolute Gasteiger partial charge is 0.465 e. The molecule has 0 bridgehead atoms. The zero-order valence-electron chi connectivity index (χ0n) is 13.2. The molecule has 0 aliphatic carbocycles. The summed E-state index contributed by atoms with van der Waals surface area (Å²) in [6.07, 6.45) is 0.0412. The van der Waals surface area contributed by atoms with Crippen molar-refractivity contribution in [1.29, 1.82) is 0 Å². The normalized spacial score (nSPS) is 11.5. The Morgan fingerprint density at radius 1 is 1.33 bits per heavy atom. The second kappa shape index (κ2) is 6.80. The van der Waals surface area contributed by atoms with Gasteiger partial charge in [0.05, 0.1) is 17.6 Å². The Hall–Kier alpha value is -2.73. The first-order valence-electron chi connectivity index (χ1n) is 6.84. The number of nitrogens with zero attached hydrogens (tertiary/aromatic N) is 4. The molecule has 2 aromatic rings. The van der Waals surface area contributed by atoms with Crippen LogP contribution >= 0.6 is 0 Å². The zero-order chi connectivity index (χ0) is 17.9. The highest BCUT2D eigenvalue weighted by atomic mass is 32.2. The summed E-state index contributed by atoms with van der Waals surface area (Å²) in [4.78, 5) is 14.9. The van der Waals surface area contributed by atoms with E-state index >= 15 is 0 Å². The number of amides is 1. The van der Waals surface area contributed by atoms with Crippen molar-refractivity contribution in [2.45, 2.75) is 19.9 Å². The molecular weight excluding hydrogens is 338 g/mol. The van der Waals surface area contributed by atoms with E-state index in [1.165, 1.54) is 30.1 Å². The first-order chi connectivity index (χ1) is 11.2. The summed E-state index contributed by atoms with van der Waals surface area (Å²) in [5.41, 5.74) is 0.824. The number of anilines is 2. The van der Waals surface area contributed by atoms with Crippen molar-refractivity contribution in [3.63, 3.8) is 0 Å². The van der Waals surface area contributed by atoms with Gasteiger partial charge in [-0.2, -0.15) is 13.1 Å². The summed E-state index contributed by atoms with van der Waals surface area (Å²) in [5, 5.41) is 18.6. The first kappa shape index (κ1) is 17.6. The monoisotopic (exact) mass is 355 g/mol. The summed E-state index contributed by atoms with van der Waals surface area (Å²) in [5.74, 6) is 0.157. The van der Waals surface area contributed by atoms with Crippen LogP contribution in [0.5, 0.6) is 0 Å².